The molecule has 4 heterocycles. The number of carbonyl (C=O) groups excluding carboxylic acids is 3. The lowest BCUT2D eigenvalue weighted by Gasteiger charge is -2.36. The van der Waals surface area contributed by atoms with Crippen molar-refractivity contribution in [1.82, 2.24) is 20.1 Å². The van der Waals surface area contributed by atoms with Gasteiger partial charge in [-0.2, -0.15) is 0 Å². The summed E-state index contributed by atoms with van der Waals surface area (Å²) in [5.41, 5.74) is 2.38. The van der Waals surface area contributed by atoms with Crippen LogP contribution in [0, 0.1) is 5.82 Å². The second-order valence-corrected chi connectivity index (χ2v) is 8.80. The number of hydrogen-bond acceptors (Lipinski definition) is 7. The number of piperazine rings is 1. The third-order valence-electron chi connectivity index (χ3n) is 6.68. The molecular formula is C24H26FN5O4. The van der Waals surface area contributed by atoms with Crippen LogP contribution >= 0.6 is 0 Å². The molecule has 0 aliphatic carbocycles. The maximum absolute atomic E-state index is 15.1. The molecule has 0 radical (unpaired) electrons. The fourth-order valence-corrected chi connectivity index (χ4v) is 4.85. The van der Waals surface area contributed by atoms with E-state index in [2.05, 4.69) is 15.2 Å². The van der Waals surface area contributed by atoms with Crippen LogP contribution in [0.25, 0.3) is 0 Å². The Hall–Kier alpha value is -3.53. The predicted octanol–water partition coefficient (Wildman–Crippen LogP) is 1.31. The lowest BCUT2D eigenvalue weighted by atomic mass is 10.0. The summed E-state index contributed by atoms with van der Waals surface area (Å²) < 4.78 is 20.2. The minimum Gasteiger partial charge on any atom is -0.481 e. The van der Waals surface area contributed by atoms with Crippen molar-refractivity contribution in [1.29, 1.82) is 0 Å². The molecule has 2 aromatic rings. The predicted molar refractivity (Wildman–Crippen MR) is 121 cm³/mol. The number of methoxy groups -OCH3 is 1. The highest BCUT2D eigenvalue weighted by molar-refractivity contribution is 6.05. The van der Waals surface area contributed by atoms with E-state index in [4.69, 9.17) is 4.74 Å². The minimum absolute atomic E-state index is 0.186. The number of halogens is 1. The monoisotopic (exact) mass is 467 g/mol. The molecule has 10 heteroatoms. The molecule has 2 fully saturated rings. The Bertz CT molecular complexity index is 1150. The number of fused-ring (bicyclic) bond motifs is 1. The van der Waals surface area contributed by atoms with Crippen molar-refractivity contribution < 1.29 is 23.5 Å². The van der Waals surface area contributed by atoms with E-state index in [9.17, 15) is 14.4 Å². The van der Waals surface area contributed by atoms with Gasteiger partial charge in [-0.05, 0) is 30.2 Å². The van der Waals surface area contributed by atoms with Gasteiger partial charge in [0.1, 0.15) is 11.9 Å². The first-order valence-electron chi connectivity index (χ1n) is 11.4. The van der Waals surface area contributed by atoms with Gasteiger partial charge >= 0.3 is 0 Å². The number of carbonyl (C=O) groups is 3. The molecule has 34 heavy (non-hydrogen) atoms. The number of imide groups is 1. The van der Waals surface area contributed by atoms with Crippen molar-refractivity contribution in [3.8, 4) is 5.88 Å². The van der Waals surface area contributed by atoms with Crippen molar-refractivity contribution >= 4 is 23.4 Å². The number of amides is 3. The van der Waals surface area contributed by atoms with Crippen LogP contribution in [0.5, 0.6) is 5.88 Å². The first kappa shape index (κ1) is 22.3. The summed E-state index contributed by atoms with van der Waals surface area (Å²) in [6.07, 6.45) is 0.468. The van der Waals surface area contributed by atoms with Gasteiger partial charge in [0.05, 0.1) is 18.5 Å². The van der Waals surface area contributed by atoms with Crippen LogP contribution < -0.4 is 15.0 Å². The zero-order chi connectivity index (χ0) is 23.8. The van der Waals surface area contributed by atoms with Crippen molar-refractivity contribution in [2.75, 3.05) is 38.2 Å². The van der Waals surface area contributed by atoms with E-state index < -0.39 is 17.8 Å². The van der Waals surface area contributed by atoms with E-state index in [1.165, 1.54) is 11.0 Å². The fourth-order valence-electron chi connectivity index (χ4n) is 4.85. The summed E-state index contributed by atoms with van der Waals surface area (Å²) in [6, 6.07) is 7.98. The summed E-state index contributed by atoms with van der Waals surface area (Å²) in [4.78, 5) is 46.7. The van der Waals surface area contributed by atoms with Gasteiger partial charge in [0.25, 0.3) is 5.91 Å². The van der Waals surface area contributed by atoms with Crippen LogP contribution in [-0.2, 0) is 22.7 Å². The molecule has 1 aromatic heterocycles. The van der Waals surface area contributed by atoms with E-state index >= 15 is 4.39 Å². The average Bonchev–Trinajstić information content (AvgIpc) is 3.14. The maximum atomic E-state index is 15.1. The molecule has 1 N–H and O–H groups in total. The molecule has 9 nitrogen and oxygen atoms in total. The summed E-state index contributed by atoms with van der Waals surface area (Å²) in [5, 5.41) is 2.29. The Labute approximate surface area is 196 Å². The van der Waals surface area contributed by atoms with E-state index in [1.54, 1.807) is 13.2 Å². The first-order valence-corrected chi connectivity index (χ1v) is 11.4. The summed E-state index contributed by atoms with van der Waals surface area (Å²) in [5.74, 6) is -1.04. The Morgan fingerprint density at radius 2 is 1.94 bits per heavy atom. The Balaban J connectivity index is 1.26. The van der Waals surface area contributed by atoms with Gasteiger partial charge < -0.3 is 14.5 Å². The molecule has 3 aliphatic heterocycles. The van der Waals surface area contributed by atoms with E-state index in [-0.39, 0.29) is 36.8 Å². The molecule has 5 rings (SSSR count). The SMILES string of the molecule is COc1cccc(CN2CCN(c3cc4c(cc3F)C(=O)N(C3CCC(=O)NC3=O)C4)CC2)n1. The highest BCUT2D eigenvalue weighted by Crippen LogP contribution is 2.33. The van der Waals surface area contributed by atoms with E-state index in [1.807, 2.05) is 23.1 Å². The average molecular weight is 468 g/mol. The van der Waals surface area contributed by atoms with E-state index in [0.717, 1.165) is 18.8 Å². The van der Waals surface area contributed by atoms with Gasteiger partial charge in [-0.15, -0.1) is 0 Å². The first-order chi connectivity index (χ1) is 16.4. The number of pyridine rings is 1. The molecule has 1 unspecified atom stereocenters. The topological polar surface area (TPSA) is 95.1 Å². The smallest absolute Gasteiger partial charge is 0.255 e. The van der Waals surface area contributed by atoms with Crippen molar-refractivity contribution in [3.63, 3.8) is 0 Å². The zero-order valence-corrected chi connectivity index (χ0v) is 18.9. The van der Waals surface area contributed by atoms with Gasteiger partial charge in [-0.25, -0.2) is 9.37 Å². The van der Waals surface area contributed by atoms with Crippen LogP contribution in [0.1, 0.15) is 34.5 Å². The Morgan fingerprint density at radius 3 is 2.68 bits per heavy atom. The quantitative estimate of drug-likeness (QED) is 0.663. The fraction of sp³-hybridized carbons (Fsp3) is 0.417. The molecule has 0 spiro atoms. The number of ether oxygens (including phenoxy) is 1. The molecule has 0 bridgehead atoms. The molecule has 1 atom stereocenters. The van der Waals surface area contributed by atoms with Gasteiger partial charge in [-0.1, -0.05) is 6.07 Å². The Kier molecular flexibility index (Phi) is 5.91. The molecule has 178 valence electrons. The number of anilines is 1. The van der Waals surface area contributed by atoms with Crippen LogP contribution in [0.4, 0.5) is 10.1 Å². The van der Waals surface area contributed by atoms with Crippen molar-refractivity contribution in [2.24, 2.45) is 0 Å². The van der Waals surface area contributed by atoms with Gasteiger partial charge in [0.15, 0.2) is 0 Å². The number of hydrogen-bond donors (Lipinski definition) is 1. The molecule has 3 amide bonds. The lowest BCUT2D eigenvalue weighted by molar-refractivity contribution is -0.136. The third-order valence-corrected chi connectivity index (χ3v) is 6.68. The van der Waals surface area contributed by atoms with Crippen LogP contribution in [0.15, 0.2) is 30.3 Å². The highest BCUT2D eigenvalue weighted by atomic mass is 19.1. The summed E-state index contributed by atoms with van der Waals surface area (Å²) >= 11 is 0. The maximum Gasteiger partial charge on any atom is 0.255 e. The number of nitrogens with one attached hydrogen (secondary N) is 1. The van der Waals surface area contributed by atoms with E-state index in [0.29, 0.717) is 36.8 Å². The van der Waals surface area contributed by atoms with Gasteiger partial charge in [0, 0.05) is 57.3 Å². The molecule has 3 aliphatic rings. The summed E-state index contributed by atoms with van der Waals surface area (Å²) in [7, 11) is 1.59. The van der Waals surface area contributed by atoms with Crippen LogP contribution in [-0.4, -0.2) is 71.8 Å². The third kappa shape index (κ3) is 4.21. The molecule has 0 saturated carbocycles. The number of aromatic nitrogens is 1. The highest BCUT2D eigenvalue weighted by Gasteiger charge is 2.40. The zero-order valence-electron chi connectivity index (χ0n) is 18.9. The molecular weight excluding hydrogens is 441 g/mol. The standard InChI is InChI=1S/C24H26FN5O4/c1-34-22-4-2-3-16(26-22)14-28-7-9-29(10-8-28)20-11-15-13-30(24(33)17(15)12-18(20)25)19-5-6-21(31)27-23(19)32/h2-4,11-12,19H,5-10,13-14H2,1H3,(H,27,31,32). The molecule has 2 saturated heterocycles. The second kappa shape index (κ2) is 9.02. The minimum atomic E-state index is -0.710. The summed E-state index contributed by atoms with van der Waals surface area (Å²) in [6.45, 7) is 3.70. The van der Waals surface area contributed by atoms with Crippen LogP contribution in [0.2, 0.25) is 0 Å². The van der Waals surface area contributed by atoms with Gasteiger partial charge in [0.2, 0.25) is 17.7 Å². The normalized spacial score (nSPS) is 21.0. The number of piperidine rings is 1. The number of nitrogens with zero attached hydrogens (tertiary/aromatic N) is 4. The second-order valence-electron chi connectivity index (χ2n) is 8.80. The largest absolute Gasteiger partial charge is 0.481 e. The van der Waals surface area contributed by atoms with Crippen molar-refractivity contribution in [2.45, 2.75) is 32.0 Å². The van der Waals surface area contributed by atoms with Gasteiger partial charge in [-0.3, -0.25) is 24.6 Å². The van der Waals surface area contributed by atoms with Crippen LogP contribution in [0.3, 0.4) is 0 Å². The molecule has 1 aromatic carbocycles. The lowest BCUT2D eigenvalue weighted by Crippen LogP contribution is -2.52. The number of rotatable bonds is 5. The number of benzene rings is 1. The van der Waals surface area contributed by atoms with Crippen molar-refractivity contribution in [3.05, 3.63) is 53.0 Å². The Morgan fingerprint density at radius 1 is 1.15 bits per heavy atom.